The molecular formula is C18H28N2O5. The first-order valence-electron chi connectivity index (χ1n) is 8.53. The van der Waals surface area contributed by atoms with Crippen LogP contribution in [0.2, 0.25) is 0 Å². The Balaban J connectivity index is 2.36. The summed E-state index contributed by atoms with van der Waals surface area (Å²) in [5.41, 5.74) is 0.932. The van der Waals surface area contributed by atoms with E-state index in [1.807, 2.05) is 37.3 Å². The van der Waals surface area contributed by atoms with Gasteiger partial charge in [-0.25, -0.2) is 4.79 Å². The zero-order chi connectivity index (χ0) is 18.3. The van der Waals surface area contributed by atoms with Gasteiger partial charge in [-0.1, -0.05) is 35.5 Å². The molecule has 0 fully saturated rings. The van der Waals surface area contributed by atoms with Crippen LogP contribution in [-0.2, 0) is 20.9 Å². The molecule has 0 radical (unpaired) electrons. The number of aliphatic hydroxyl groups is 1. The minimum Gasteiger partial charge on any atom is -0.479 e. The molecule has 1 amide bonds. The highest BCUT2D eigenvalue weighted by atomic mass is 16.6. The Kier molecular flexibility index (Phi) is 10.8. The third-order valence-corrected chi connectivity index (χ3v) is 3.26. The molecule has 1 rings (SSSR count). The van der Waals surface area contributed by atoms with Gasteiger partial charge in [-0.2, -0.15) is 0 Å². The molecule has 0 saturated carbocycles. The molecule has 0 aliphatic heterocycles. The van der Waals surface area contributed by atoms with Crippen molar-refractivity contribution in [2.24, 2.45) is 5.16 Å². The van der Waals surface area contributed by atoms with Crippen LogP contribution in [0.4, 0.5) is 4.79 Å². The van der Waals surface area contributed by atoms with Gasteiger partial charge < -0.3 is 24.3 Å². The van der Waals surface area contributed by atoms with Crippen molar-refractivity contribution in [2.75, 3.05) is 32.9 Å². The largest absolute Gasteiger partial charge is 0.479 e. The Morgan fingerprint density at radius 1 is 1.16 bits per heavy atom. The second-order valence-corrected chi connectivity index (χ2v) is 5.33. The zero-order valence-corrected chi connectivity index (χ0v) is 15.0. The molecule has 0 saturated heterocycles. The summed E-state index contributed by atoms with van der Waals surface area (Å²) in [5, 5.41) is 12.8. The molecule has 0 heterocycles. The summed E-state index contributed by atoms with van der Waals surface area (Å²) in [6, 6.07) is 9.51. The molecule has 0 aliphatic rings. The minimum atomic E-state index is -0.397. The van der Waals surface area contributed by atoms with Crippen LogP contribution in [-0.4, -0.2) is 54.9 Å². The lowest BCUT2D eigenvalue weighted by molar-refractivity contribution is 0.0834. The van der Waals surface area contributed by atoms with Crippen LogP contribution in [0.1, 0.15) is 32.3 Å². The van der Waals surface area contributed by atoms with Crippen LogP contribution in [0.15, 0.2) is 35.5 Å². The zero-order valence-electron chi connectivity index (χ0n) is 15.0. The second-order valence-electron chi connectivity index (χ2n) is 5.33. The van der Waals surface area contributed by atoms with Crippen LogP contribution in [0.5, 0.6) is 0 Å². The molecule has 1 aromatic rings. The first-order valence-corrected chi connectivity index (χ1v) is 8.53. The minimum absolute atomic E-state index is 0.0246. The van der Waals surface area contributed by atoms with E-state index in [0.29, 0.717) is 45.0 Å². The van der Waals surface area contributed by atoms with E-state index in [2.05, 4.69) is 5.16 Å². The molecule has 0 spiro atoms. The first kappa shape index (κ1) is 20.8. The Morgan fingerprint density at radius 3 is 2.56 bits per heavy atom. The SMILES string of the molecule is CCO/C(C)=N/OCCCN(CCCO)C(=O)OCc1ccccc1. The molecule has 0 aromatic heterocycles. The fourth-order valence-electron chi connectivity index (χ4n) is 2.06. The maximum atomic E-state index is 12.2. The molecule has 25 heavy (non-hydrogen) atoms. The van der Waals surface area contributed by atoms with Gasteiger partial charge in [-0.15, -0.1) is 0 Å². The highest BCUT2D eigenvalue weighted by Crippen LogP contribution is 2.05. The fourth-order valence-corrected chi connectivity index (χ4v) is 2.06. The number of hydrogen-bond donors (Lipinski definition) is 1. The lowest BCUT2D eigenvalue weighted by atomic mass is 10.2. The van der Waals surface area contributed by atoms with Crippen molar-refractivity contribution in [2.45, 2.75) is 33.3 Å². The van der Waals surface area contributed by atoms with Crippen molar-refractivity contribution in [1.29, 1.82) is 0 Å². The predicted octanol–water partition coefficient (Wildman–Crippen LogP) is 2.78. The molecule has 0 aliphatic carbocycles. The van der Waals surface area contributed by atoms with Gasteiger partial charge in [-0.05, 0) is 18.9 Å². The molecule has 1 aromatic carbocycles. The number of carbonyl (C=O) groups is 1. The highest BCUT2D eigenvalue weighted by molar-refractivity contribution is 5.72. The smallest absolute Gasteiger partial charge is 0.410 e. The molecule has 7 nitrogen and oxygen atoms in total. The Morgan fingerprint density at radius 2 is 1.88 bits per heavy atom. The van der Waals surface area contributed by atoms with Crippen molar-refractivity contribution < 1.29 is 24.2 Å². The highest BCUT2D eigenvalue weighted by Gasteiger charge is 2.14. The Labute approximate surface area is 149 Å². The van der Waals surface area contributed by atoms with E-state index >= 15 is 0 Å². The number of rotatable bonds is 11. The number of oxime groups is 1. The summed E-state index contributed by atoms with van der Waals surface area (Å²) in [5.74, 6) is 0.474. The fraction of sp³-hybridized carbons (Fsp3) is 0.556. The molecule has 7 heteroatoms. The Hall–Kier alpha value is -2.28. The number of aliphatic hydroxyl groups excluding tert-OH is 1. The van der Waals surface area contributed by atoms with Crippen LogP contribution in [0, 0.1) is 0 Å². The van der Waals surface area contributed by atoms with Crippen LogP contribution >= 0.6 is 0 Å². The maximum Gasteiger partial charge on any atom is 0.410 e. The van der Waals surface area contributed by atoms with E-state index < -0.39 is 6.09 Å². The number of carbonyl (C=O) groups excluding carboxylic acids is 1. The molecule has 0 atom stereocenters. The van der Waals surface area contributed by atoms with Crippen molar-refractivity contribution in [3.8, 4) is 0 Å². The molecule has 0 unspecified atom stereocenters. The van der Waals surface area contributed by atoms with Gasteiger partial charge in [0.15, 0.2) is 0 Å². The lowest BCUT2D eigenvalue weighted by Crippen LogP contribution is -2.34. The average molecular weight is 352 g/mol. The van der Waals surface area contributed by atoms with Gasteiger partial charge in [0.05, 0.1) is 6.61 Å². The summed E-state index contributed by atoms with van der Waals surface area (Å²) in [6.45, 7) is 5.66. The van der Waals surface area contributed by atoms with Gasteiger partial charge in [0.1, 0.15) is 13.2 Å². The van der Waals surface area contributed by atoms with Gasteiger partial charge in [0, 0.05) is 33.0 Å². The number of hydrogen-bond acceptors (Lipinski definition) is 6. The second kappa shape index (κ2) is 13.1. The summed E-state index contributed by atoms with van der Waals surface area (Å²) < 4.78 is 10.5. The standard InChI is InChI=1S/C18H28N2O5/c1-3-23-16(2)19-25-14-8-12-20(11-7-13-21)18(22)24-15-17-9-5-4-6-10-17/h4-6,9-10,21H,3,7-8,11-15H2,1-2H3/b19-16+. The maximum absolute atomic E-state index is 12.2. The average Bonchev–Trinajstić information content (AvgIpc) is 2.63. The van der Waals surface area contributed by atoms with Gasteiger partial charge >= 0.3 is 6.09 Å². The van der Waals surface area contributed by atoms with E-state index in [0.717, 1.165) is 5.56 Å². The van der Waals surface area contributed by atoms with Gasteiger partial charge in [-0.3, -0.25) is 0 Å². The van der Waals surface area contributed by atoms with E-state index in [9.17, 15) is 4.79 Å². The first-order chi connectivity index (χ1) is 12.2. The van der Waals surface area contributed by atoms with Crippen molar-refractivity contribution >= 4 is 12.0 Å². The van der Waals surface area contributed by atoms with E-state index in [4.69, 9.17) is 19.4 Å². The molecule has 140 valence electrons. The number of ether oxygens (including phenoxy) is 2. The van der Waals surface area contributed by atoms with Crippen molar-refractivity contribution in [3.63, 3.8) is 0 Å². The lowest BCUT2D eigenvalue weighted by Gasteiger charge is -2.21. The topological polar surface area (TPSA) is 80.6 Å². The summed E-state index contributed by atoms with van der Waals surface area (Å²) in [6.07, 6.45) is 0.712. The van der Waals surface area contributed by atoms with Gasteiger partial charge in [0.25, 0.3) is 0 Å². The van der Waals surface area contributed by atoms with Crippen LogP contribution in [0.3, 0.4) is 0 Å². The summed E-state index contributed by atoms with van der Waals surface area (Å²) >= 11 is 0. The summed E-state index contributed by atoms with van der Waals surface area (Å²) in [4.78, 5) is 18.9. The third kappa shape index (κ3) is 9.56. The quantitative estimate of drug-likeness (QED) is 0.287. The number of benzene rings is 1. The van der Waals surface area contributed by atoms with Crippen molar-refractivity contribution in [1.82, 2.24) is 4.90 Å². The van der Waals surface area contributed by atoms with Crippen LogP contribution in [0.25, 0.3) is 0 Å². The van der Waals surface area contributed by atoms with E-state index in [1.54, 1.807) is 11.8 Å². The third-order valence-electron chi connectivity index (χ3n) is 3.26. The van der Waals surface area contributed by atoms with E-state index in [-0.39, 0.29) is 13.2 Å². The predicted molar refractivity (Wildman–Crippen MR) is 95.2 cm³/mol. The molecule has 0 bridgehead atoms. The van der Waals surface area contributed by atoms with Crippen molar-refractivity contribution in [3.05, 3.63) is 35.9 Å². The van der Waals surface area contributed by atoms with E-state index in [1.165, 1.54) is 0 Å². The monoisotopic (exact) mass is 352 g/mol. The number of amides is 1. The molecule has 1 N–H and O–H groups in total. The Bertz CT molecular complexity index is 507. The van der Waals surface area contributed by atoms with Crippen LogP contribution < -0.4 is 0 Å². The molecular weight excluding hydrogens is 324 g/mol. The van der Waals surface area contributed by atoms with Gasteiger partial charge in [0.2, 0.25) is 5.90 Å². The summed E-state index contributed by atoms with van der Waals surface area (Å²) in [7, 11) is 0. The number of nitrogens with zero attached hydrogens (tertiary/aromatic N) is 2. The normalized spacial score (nSPS) is 11.1.